The fraction of sp³-hybridized carbons (Fsp3) is 0.250. The SMILES string of the molecule is CCN(CC)c1ccc(Nc2nncc(Nc3cccc(C)c3)n2)cc1. The molecule has 0 atom stereocenters. The molecule has 0 bridgehead atoms. The van der Waals surface area contributed by atoms with E-state index < -0.39 is 0 Å². The van der Waals surface area contributed by atoms with Crippen LogP contribution in [0.2, 0.25) is 0 Å². The molecule has 3 aromatic rings. The van der Waals surface area contributed by atoms with Gasteiger partial charge in [0.25, 0.3) is 0 Å². The van der Waals surface area contributed by atoms with Gasteiger partial charge < -0.3 is 15.5 Å². The monoisotopic (exact) mass is 348 g/mol. The van der Waals surface area contributed by atoms with Crippen LogP contribution in [0, 0.1) is 6.92 Å². The normalized spacial score (nSPS) is 10.4. The average Bonchev–Trinajstić information content (AvgIpc) is 2.64. The number of aromatic nitrogens is 3. The van der Waals surface area contributed by atoms with Crippen LogP contribution in [0.3, 0.4) is 0 Å². The standard InChI is InChI=1S/C20H24N6/c1-4-26(5-2)18-11-9-16(10-12-18)23-20-24-19(14-21-25-20)22-17-8-6-7-15(3)13-17/h6-14H,4-5H2,1-3H3,(H2,22,23,24,25). The van der Waals surface area contributed by atoms with Crippen LogP contribution in [0.5, 0.6) is 0 Å². The first kappa shape index (κ1) is 17.7. The van der Waals surface area contributed by atoms with Crippen molar-refractivity contribution >= 4 is 28.8 Å². The third-order valence-corrected chi connectivity index (χ3v) is 4.10. The minimum atomic E-state index is 0.457. The minimum absolute atomic E-state index is 0.457. The molecule has 0 aliphatic rings. The van der Waals surface area contributed by atoms with Gasteiger partial charge in [-0.3, -0.25) is 0 Å². The maximum absolute atomic E-state index is 4.48. The maximum Gasteiger partial charge on any atom is 0.249 e. The third kappa shape index (κ3) is 4.47. The number of nitrogens with zero attached hydrogens (tertiary/aromatic N) is 4. The summed E-state index contributed by atoms with van der Waals surface area (Å²) in [6, 6.07) is 16.3. The molecule has 0 fully saturated rings. The fourth-order valence-corrected chi connectivity index (χ4v) is 2.76. The van der Waals surface area contributed by atoms with Crippen LogP contribution in [0.15, 0.2) is 54.7 Å². The molecule has 3 rings (SSSR count). The molecule has 2 N–H and O–H groups in total. The molecule has 0 amide bonds. The molecule has 1 aromatic heterocycles. The van der Waals surface area contributed by atoms with Gasteiger partial charge in [-0.1, -0.05) is 12.1 Å². The maximum atomic E-state index is 4.48. The van der Waals surface area contributed by atoms with Gasteiger partial charge in [0.2, 0.25) is 5.95 Å². The van der Waals surface area contributed by atoms with Crippen LogP contribution in [0.4, 0.5) is 28.8 Å². The molecule has 0 radical (unpaired) electrons. The van der Waals surface area contributed by atoms with Crippen LogP contribution in [0.25, 0.3) is 0 Å². The van der Waals surface area contributed by atoms with Crippen LogP contribution < -0.4 is 15.5 Å². The van der Waals surface area contributed by atoms with E-state index >= 15 is 0 Å². The molecule has 0 spiro atoms. The molecular weight excluding hydrogens is 324 g/mol. The van der Waals surface area contributed by atoms with Crippen molar-refractivity contribution in [2.24, 2.45) is 0 Å². The highest BCUT2D eigenvalue weighted by atomic mass is 15.3. The number of aryl methyl sites for hydroxylation is 1. The fourth-order valence-electron chi connectivity index (χ4n) is 2.76. The molecule has 134 valence electrons. The lowest BCUT2D eigenvalue weighted by atomic mass is 10.2. The second kappa shape index (κ2) is 8.29. The number of nitrogens with one attached hydrogen (secondary N) is 2. The summed E-state index contributed by atoms with van der Waals surface area (Å²) >= 11 is 0. The zero-order valence-corrected chi connectivity index (χ0v) is 15.4. The summed E-state index contributed by atoms with van der Waals surface area (Å²) < 4.78 is 0. The first-order valence-corrected chi connectivity index (χ1v) is 8.83. The second-order valence-corrected chi connectivity index (χ2v) is 6.00. The minimum Gasteiger partial charge on any atom is -0.372 e. The van der Waals surface area contributed by atoms with E-state index in [2.05, 4.69) is 75.8 Å². The van der Waals surface area contributed by atoms with E-state index in [1.54, 1.807) is 6.20 Å². The zero-order valence-electron chi connectivity index (χ0n) is 15.4. The smallest absolute Gasteiger partial charge is 0.249 e. The average molecular weight is 348 g/mol. The number of hydrogen-bond donors (Lipinski definition) is 2. The van der Waals surface area contributed by atoms with Crippen LogP contribution >= 0.6 is 0 Å². The van der Waals surface area contributed by atoms with E-state index in [4.69, 9.17) is 0 Å². The van der Waals surface area contributed by atoms with Gasteiger partial charge >= 0.3 is 0 Å². The quantitative estimate of drug-likeness (QED) is 0.655. The largest absolute Gasteiger partial charge is 0.372 e. The topological polar surface area (TPSA) is 66.0 Å². The van der Waals surface area contributed by atoms with Crippen molar-refractivity contribution in [1.82, 2.24) is 15.2 Å². The molecule has 6 nitrogen and oxygen atoms in total. The van der Waals surface area contributed by atoms with Crippen molar-refractivity contribution in [1.29, 1.82) is 0 Å². The first-order chi connectivity index (χ1) is 12.7. The van der Waals surface area contributed by atoms with Crippen molar-refractivity contribution in [3.05, 3.63) is 60.3 Å². The Bertz CT molecular complexity index is 843. The lowest BCUT2D eigenvalue weighted by molar-refractivity contribution is 0.866. The van der Waals surface area contributed by atoms with E-state index in [0.717, 1.165) is 24.5 Å². The van der Waals surface area contributed by atoms with Crippen molar-refractivity contribution in [2.45, 2.75) is 20.8 Å². The molecular formula is C20H24N6. The van der Waals surface area contributed by atoms with Gasteiger partial charge in [0.1, 0.15) is 0 Å². The Morgan fingerprint density at radius 1 is 0.923 bits per heavy atom. The van der Waals surface area contributed by atoms with Gasteiger partial charge in [0, 0.05) is 30.2 Å². The van der Waals surface area contributed by atoms with Crippen molar-refractivity contribution in [2.75, 3.05) is 28.6 Å². The van der Waals surface area contributed by atoms with Gasteiger partial charge in [-0.2, -0.15) is 10.1 Å². The third-order valence-electron chi connectivity index (χ3n) is 4.10. The Hall–Kier alpha value is -3.15. The van der Waals surface area contributed by atoms with Crippen molar-refractivity contribution < 1.29 is 0 Å². The van der Waals surface area contributed by atoms with Crippen molar-refractivity contribution in [3.63, 3.8) is 0 Å². The van der Waals surface area contributed by atoms with Gasteiger partial charge in [-0.05, 0) is 62.7 Å². The van der Waals surface area contributed by atoms with Crippen LogP contribution in [0.1, 0.15) is 19.4 Å². The van der Waals surface area contributed by atoms with Crippen molar-refractivity contribution in [3.8, 4) is 0 Å². The van der Waals surface area contributed by atoms with E-state index in [9.17, 15) is 0 Å². The van der Waals surface area contributed by atoms with Gasteiger partial charge in [-0.15, -0.1) is 5.10 Å². The highest BCUT2D eigenvalue weighted by molar-refractivity contribution is 5.61. The summed E-state index contributed by atoms with van der Waals surface area (Å²) in [6.45, 7) is 8.34. The van der Waals surface area contributed by atoms with E-state index in [1.807, 2.05) is 24.3 Å². The summed E-state index contributed by atoms with van der Waals surface area (Å²) in [5.74, 6) is 1.10. The summed E-state index contributed by atoms with van der Waals surface area (Å²) in [5.41, 5.74) is 4.29. The molecule has 26 heavy (non-hydrogen) atoms. The summed E-state index contributed by atoms with van der Waals surface area (Å²) in [4.78, 5) is 6.78. The van der Waals surface area contributed by atoms with Gasteiger partial charge in [0.05, 0.1) is 6.20 Å². The Kier molecular flexibility index (Phi) is 5.63. The summed E-state index contributed by atoms with van der Waals surface area (Å²) in [6.07, 6.45) is 1.61. The zero-order chi connectivity index (χ0) is 18.4. The Morgan fingerprint density at radius 2 is 1.69 bits per heavy atom. The molecule has 0 unspecified atom stereocenters. The number of benzene rings is 2. The highest BCUT2D eigenvalue weighted by Gasteiger charge is 2.04. The molecule has 0 aliphatic heterocycles. The predicted octanol–water partition coefficient (Wildman–Crippen LogP) is 4.51. The van der Waals surface area contributed by atoms with E-state index in [-0.39, 0.29) is 0 Å². The molecule has 2 aromatic carbocycles. The van der Waals surface area contributed by atoms with Gasteiger partial charge in [-0.25, -0.2) is 0 Å². The first-order valence-electron chi connectivity index (χ1n) is 8.83. The molecule has 1 heterocycles. The second-order valence-electron chi connectivity index (χ2n) is 6.00. The van der Waals surface area contributed by atoms with Crippen LogP contribution in [-0.2, 0) is 0 Å². The highest BCUT2D eigenvalue weighted by Crippen LogP contribution is 2.21. The van der Waals surface area contributed by atoms with E-state index in [1.165, 1.54) is 11.3 Å². The van der Waals surface area contributed by atoms with Crippen LogP contribution in [-0.4, -0.2) is 28.3 Å². The summed E-state index contributed by atoms with van der Waals surface area (Å²) in [5, 5.41) is 14.5. The Labute approximate surface area is 154 Å². The lowest BCUT2D eigenvalue weighted by Crippen LogP contribution is -2.21. The Balaban J connectivity index is 1.70. The number of hydrogen-bond acceptors (Lipinski definition) is 6. The molecule has 0 saturated carbocycles. The Morgan fingerprint density at radius 3 is 2.38 bits per heavy atom. The summed E-state index contributed by atoms with van der Waals surface area (Å²) in [7, 11) is 0. The van der Waals surface area contributed by atoms with E-state index in [0.29, 0.717) is 11.8 Å². The lowest BCUT2D eigenvalue weighted by Gasteiger charge is -2.21. The number of anilines is 5. The molecule has 6 heteroatoms. The predicted molar refractivity (Wildman–Crippen MR) is 108 cm³/mol. The van der Waals surface area contributed by atoms with Gasteiger partial charge in [0.15, 0.2) is 5.82 Å². The molecule has 0 aliphatic carbocycles. The molecule has 0 saturated heterocycles. The number of rotatable bonds is 7.